The maximum Gasteiger partial charge on any atom is 0.310 e. The number of amides is 1. The predicted octanol–water partition coefficient (Wildman–Crippen LogP) is 4.53. The van der Waals surface area contributed by atoms with Gasteiger partial charge in [0.25, 0.3) is 0 Å². The molecule has 1 aliphatic rings. The first-order valence-corrected chi connectivity index (χ1v) is 10.1. The first kappa shape index (κ1) is 20.1. The summed E-state index contributed by atoms with van der Waals surface area (Å²) < 4.78 is 5.07. The number of aryl methyl sites for hydroxylation is 1. The zero-order valence-corrected chi connectivity index (χ0v) is 17.0. The van der Waals surface area contributed by atoms with E-state index in [1.165, 1.54) is 5.56 Å². The molecule has 3 rings (SSSR count). The summed E-state index contributed by atoms with van der Waals surface area (Å²) in [7, 11) is 0. The van der Waals surface area contributed by atoms with Crippen LogP contribution >= 0.6 is 0 Å². The summed E-state index contributed by atoms with van der Waals surface area (Å²) in [6, 6.07) is 14.4. The number of esters is 1. The van der Waals surface area contributed by atoms with E-state index in [9.17, 15) is 9.59 Å². The predicted molar refractivity (Wildman–Crippen MR) is 111 cm³/mol. The maximum atomic E-state index is 12.6. The molecular formula is C24H29NO3. The van der Waals surface area contributed by atoms with E-state index in [4.69, 9.17) is 4.74 Å². The summed E-state index contributed by atoms with van der Waals surface area (Å²) in [5, 5.41) is 0. The van der Waals surface area contributed by atoms with Crippen LogP contribution in [0.4, 0.5) is 0 Å². The van der Waals surface area contributed by atoms with Gasteiger partial charge in [-0.05, 0) is 55.9 Å². The second-order valence-corrected chi connectivity index (χ2v) is 7.47. The van der Waals surface area contributed by atoms with Crippen molar-refractivity contribution >= 4 is 11.9 Å². The van der Waals surface area contributed by atoms with Gasteiger partial charge < -0.3 is 9.64 Å². The Morgan fingerprint density at radius 2 is 1.89 bits per heavy atom. The third kappa shape index (κ3) is 5.00. The van der Waals surface area contributed by atoms with Gasteiger partial charge in [-0.15, -0.1) is 0 Å². The average molecular weight is 380 g/mol. The minimum Gasteiger partial charge on any atom is -0.466 e. The third-order valence-electron chi connectivity index (χ3n) is 5.13. The van der Waals surface area contributed by atoms with Crippen molar-refractivity contribution in [3.05, 3.63) is 59.2 Å². The van der Waals surface area contributed by atoms with Crippen molar-refractivity contribution in [1.29, 1.82) is 0 Å². The molecule has 4 heteroatoms. The SMILES string of the molecule is CCOC(=O)Cc1cccc(-c2ccc(C)cc2CN(CC)C(=O)C2CC2)c1. The summed E-state index contributed by atoms with van der Waals surface area (Å²) in [6.07, 6.45) is 2.31. The molecule has 0 atom stereocenters. The quantitative estimate of drug-likeness (QED) is 0.633. The van der Waals surface area contributed by atoms with Gasteiger partial charge in [0, 0.05) is 19.0 Å². The lowest BCUT2D eigenvalue weighted by Gasteiger charge is -2.23. The van der Waals surface area contributed by atoms with Gasteiger partial charge in [-0.2, -0.15) is 0 Å². The molecule has 1 fully saturated rings. The summed E-state index contributed by atoms with van der Waals surface area (Å²) in [6.45, 7) is 7.65. The van der Waals surface area contributed by atoms with Crippen molar-refractivity contribution in [2.45, 2.75) is 46.6 Å². The molecule has 148 valence electrons. The fourth-order valence-electron chi connectivity index (χ4n) is 3.50. The standard InChI is InChI=1S/C24H29NO3/c1-4-25(24(27)19-10-11-19)16-21-13-17(3)9-12-22(21)20-8-6-7-18(14-20)15-23(26)28-5-2/h6-9,12-14,19H,4-5,10-11,15-16H2,1-3H3. The van der Waals surface area contributed by atoms with Crippen molar-refractivity contribution in [3.8, 4) is 11.1 Å². The smallest absolute Gasteiger partial charge is 0.310 e. The Balaban J connectivity index is 1.87. The fraction of sp³-hybridized carbons (Fsp3) is 0.417. The van der Waals surface area contributed by atoms with Crippen molar-refractivity contribution < 1.29 is 14.3 Å². The molecule has 0 aromatic heterocycles. The molecule has 0 radical (unpaired) electrons. The summed E-state index contributed by atoms with van der Waals surface area (Å²) in [5.74, 6) is 0.281. The molecule has 28 heavy (non-hydrogen) atoms. The van der Waals surface area contributed by atoms with Crippen molar-refractivity contribution in [3.63, 3.8) is 0 Å². The van der Waals surface area contributed by atoms with Gasteiger partial charge in [0.2, 0.25) is 5.91 Å². The second kappa shape index (κ2) is 9.05. The van der Waals surface area contributed by atoms with Crippen LogP contribution in [0.2, 0.25) is 0 Å². The first-order chi connectivity index (χ1) is 13.5. The van der Waals surface area contributed by atoms with E-state index in [2.05, 4.69) is 31.2 Å². The topological polar surface area (TPSA) is 46.6 Å². The molecule has 2 aromatic rings. The molecule has 0 bridgehead atoms. The number of carbonyl (C=O) groups excluding carboxylic acids is 2. The maximum absolute atomic E-state index is 12.6. The van der Waals surface area contributed by atoms with Gasteiger partial charge in [0.1, 0.15) is 0 Å². The highest BCUT2D eigenvalue weighted by atomic mass is 16.5. The molecule has 0 spiro atoms. The van der Waals surface area contributed by atoms with Gasteiger partial charge in [0.15, 0.2) is 0 Å². The number of ether oxygens (including phenoxy) is 1. The van der Waals surface area contributed by atoms with E-state index in [1.54, 1.807) is 0 Å². The molecule has 0 heterocycles. The Morgan fingerprint density at radius 1 is 1.11 bits per heavy atom. The summed E-state index contributed by atoms with van der Waals surface area (Å²) >= 11 is 0. The van der Waals surface area contributed by atoms with Gasteiger partial charge in [0.05, 0.1) is 13.0 Å². The molecule has 0 unspecified atom stereocenters. The number of nitrogens with zero attached hydrogens (tertiary/aromatic N) is 1. The third-order valence-corrected chi connectivity index (χ3v) is 5.13. The lowest BCUT2D eigenvalue weighted by atomic mass is 9.95. The highest BCUT2D eigenvalue weighted by molar-refractivity contribution is 5.81. The molecule has 0 N–H and O–H groups in total. The van der Waals surface area contributed by atoms with Crippen LogP contribution in [0.25, 0.3) is 11.1 Å². The molecular weight excluding hydrogens is 350 g/mol. The molecule has 1 aliphatic carbocycles. The van der Waals surface area contributed by atoms with E-state index in [0.29, 0.717) is 19.7 Å². The van der Waals surface area contributed by atoms with Crippen LogP contribution in [0.3, 0.4) is 0 Å². The molecule has 1 saturated carbocycles. The Bertz CT molecular complexity index is 855. The van der Waals surface area contributed by atoms with Gasteiger partial charge >= 0.3 is 5.97 Å². The van der Waals surface area contributed by atoms with Crippen molar-refractivity contribution in [2.75, 3.05) is 13.2 Å². The van der Waals surface area contributed by atoms with Crippen LogP contribution in [-0.4, -0.2) is 29.9 Å². The lowest BCUT2D eigenvalue weighted by Crippen LogP contribution is -2.31. The minimum absolute atomic E-state index is 0.212. The molecule has 0 saturated heterocycles. The van der Waals surface area contributed by atoms with Crippen LogP contribution < -0.4 is 0 Å². The highest BCUT2D eigenvalue weighted by Gasteiger charge is 2.33. The van der Waals surface area contributed by atoms with E-state index >= 15 is 0 Å². The van der Waals surface area contributed by atoms with Crippen LogP contribution in [0.1, 0.15) is 43.4 Å². The summed E-state index contributed by atoms with van der Waals surface area (Å²) in [5.41, 5.74) is 5.43. The number of rotatable bonds is 8. The number of hydrogen-bond acceptors (Lipinski definition) is 3. The summed E-state index contributed by atoms with van der Waals surface area (Å²) in [4.78, 5) is 26.4. The van der Waals surface area contributed by atoms with Gasteiger partial charge in [-0.3, -0.25) is 9.59 Å². The number of carbonyl (C=O) groups is 2. The van der Waals surface area contributed by atoms with Crippen molar-refractivity contribution in [1.82, 2.24) is 4.90 Å². The molecule has 2 aromatic carbocycles. The first-order valence-electron chi connectivity index (χ1n) is 10.1. The van der Waals surface area contributed by atoms with Crippen molar-refractivity contribution in [2.24, 2.45) is 5.92 Å². The highest BCUT2D eigenvalue weighted by Crippen LogP contribution is 2.33. The Morgan fingerprint density at radius 3 is 2.57 bits per heavy atom. The fourth-order valence-corrected chi connectivity index (χ4v) is 3.50. The largest absolute Gasteiger partial charge is 0.466 e. The number of benzene rings is 2. The average Bonchev–Trinajstić information content (AvgIpc) is 3.51. The van der Waals surface area contributed by atoms with E-state index in [1.807, 2.05) is 36.9 Å². The van der Waals surface area contributed by atoms with E-state index < -0.39 is 0 Å². The normalized spacial score (nSPS) is 13.2. The van der Waals surface area contributed by atoms with Crippen LogP contribution in [-0.2, 0) is 27.3 Å². The lowest BCUT2D eigenvalue weighted by molar-refractivity contribution is -0.142. The molecule has 1 amide bonds. The molecule has 0 aliphatic heterocycles. The van der Waals surface area contributed by atoms with Crippen LogP contribution in [0, 0.1) is 12.8 Å². The number of hydrogen-bond donors (Lipinski definition) is 0. The van der Waals surface area contributed by atoms with Gasteiger partial charge in [-0.25, -0.2) is 0 Å². The van der Waals surface area contributed by atoms with Gasteiger partial charge in [-0.1, -0.05) is 48.0 Å². The van der Waals surface area contributed by atoms with Crippen LogP contribution in [0.5, 0.6) is 0 Å². The van der Waals surface area contributed by atoms with E-state index in [0.717, 1.165) is 35.1 Å². The zero-order valence-electron chi connectivity index (χ0n) is 17.0. The Kier molecular flexibility index (Phi) is 6.50. The van der Waals surface area contributed by atoms with E-state index in [-0.39, 0.29) is 24.2 Å². The monoisotopic (exact) mass is 379 g/mol. The zero-order chi connectivity index (χ0) is 20.1. The van der Waals surface area contributed by atoms with Crippen LogP contribution in [0.15, 0.2) is 42.5 Å². The molecule has 4 nitrogen and oxygen atoms in total. The minimum atomic E-state index is -0.212. The second-order valence-electron chi connectivity index (χ2n) is 7.47. The Hall–Kier alpha value is -2.62. The Labute approximate surface area is 167 Å².